The zero-order valence-corrected chi connectivity index (χ0v) is 10.5. The number of carbonyl (C=O) groups is 1. The highest BCUT2D eigenvalue weighted by atomic mass is 19.1. The van der Waals surface area contributed by atoms with Crippen molar-refractivity contribution in [1.82, 2.24) is 0 Å². The van der Waals surface area contributed by atoms with Crippen LogP contribution in [0.4, 0.5) is 4.39 Å². The molecule has 0 amide bonds. The van der Waals surface area contributed by atoms with Gasteiger partial charge in [-0.25, -0.2) is 4.39 Å². The van der Waals surface area contributed by atoms with Gasteiger partial charge in [-0.15, -0.1) is 0 Å². The first-order chi connectivity index (χ1) is 7.79. The summed E-state index contributed by atoms with van der Waals surface area (Å²) >= 11 is 0. The van der Waals surface area contributed by atoms with E-state index in [0.29, 0.717) is 11.1 Å². The number of ether oxygens (including phenoxy) is 1. The first-order valence-corrected chi connectivity index (χ1v) is 5.35. The summed E-state index contributed by atoms with van der Waals surface area (Å²) in [6, 6.07) is 3.36. The molecule has 0 radical (unpaired) electrons. The number of benzene rings is 1. The maximum atomic E-state index is 13.9. The first-order valence-electron chi connectivity index (χ1n) is 5.35. The molecule has 0 saturated heterocycles. The van der Waals surface area contributed by atoms with Gasteiger partial charge in [0.1, 0.15) is 0 Å². The van der Waals surface area contributed by atoms with Crippen molar-refractivity contribution in [2.24, 2.45) is 0 Å². The van der Waals surface area contributed by atoms with Crippen LogP contribution in [0.3, 0.4) is 0 Å². The summed E-state index contributed by atoms with van der Waals surface area (Å²) in [5.41, 5.74) is 0.383. The molecular weight excluding hydrogens is 223 g/mol. The molecule has 0 aliphatic rings. The minimum absolute atomic E-state index is 0.0775. The third-order valence-electron chi connectivity index (χ3n) is 2.82. The number of carboxylic acids is 1. The Balaban J connectivity index is 3.31. The van der Waals surface area contributed by atoms with Crippen molar-refractivity contribution in [1.29, 1.82) is 0 Å². The molecule has 94 valence electrons. The van der Waals surface area contributed by atoms with Gasteiger partial charge in [-0.2, -0.15) is 0 Å². The molecule has 0 fully saturated rings. The summed E-state index contributed by atoms with van der Waals surface area (Å²) in [6.07, 6.45) is -0.0775. The lowest BCUT2D eigenvalue weighted by Crippen LogP contribution is -2.23. The van der Waals surface area contributed by atoms with Gasteiger partial charge in [0.05, 0.1) is 13.5 Å². The summed E-state index contributed by atoms with van der Waals surface area (Å²) in [7, 11) is 1.39. The van der Waals surface area contributed by atoms with Crippen LogP contribution >= 0.6 is 0 Å². The molecule has 0 bridgehead atoms. The zero-order valence-electron chi connectivity index (χ0n) is 10.5. The van der Waals surface area contributed by atoms with Crippen molar-refractivity contribution in [2.45, 2.75) is 32.6 Å². The Hall–Kier alpha value is -1.58. The van der Waals surface area contributed by atoms with Crippen LogP contribution < -0.4 is 4.74 Å². The summed E-state index contributed by atoms with van der Waals surface area (Å²) in [5, 5.41) is 8.86. The molecule has 0 unspecified atom stereocenters. The van der Waals surface area contributed by atoms with Crippen LogP contribution in [-0.4, -0.2) is 18.2 Å². The average molecular weight is 240 g/mol. The Bertz CT molecular complexity index is 439. The number of methoxy groups -OCH3 is 1. The minimum Gasteiger partial charge on any atom is -0.493 e. The Morgan fingerprint density at radius 2 is 2.06 bits per heavy atom. The molecule has 0 spiro atoms. The first kappa shape index (κ1) is 13.5. The molecule has 0 heterocycles. The van der Waals surface area contributed by atoms with E-state index in [2.05, 4.69) is 0 Å². The van der Waals surface area contributed by atoms with E-state index in [0.717, 1.165) is 0 Å². The lowest BCUT2D eigenvalue weighted by molar-refractivity contribution is -0.138. The molecule has 1 rings (SSSR count). The van der Waals surface area contributed by atoms with E-state index in [1.807, 2.05) is 0 Å². The molecule has 0 aliphatic heterocycles. The highest BCUT2D eigenvalue weighted by molar-refractivity contribution is 5.69. The fourth-order valence-electron chi connectivity index (χ4n) is 1.86. The monoisotopic (exact) mass is 240 g/mol. The molecule has 0 saturated carbocycles. The zero-order chi connectivity index (χ0) is 13.2. The summed E-state index contributed by atoms with van der Waals surface area (Å²) in [5.74, 6) is -1.21. The number of halogens is 1. The average Bonchev–Trinajstić information content (AvgIpc) is 2.19. The topological polar surface area (TPSA) is 46.5 Å². The predicted octanol–water partition coefficient (Wildman–Crippen LogP) is 2.90. The van der Waals surface area contributed by atoms with Gasteiger partial charge in [0.2, 0.25) is 0 Å². The van der Waals surface area contributed by atoms with Gasteiger partial charge in [-0.1, -0.05) is 26.0 Å². The second-order valence-electron chi connectivity index (χ2n) is 4.73. The van der Waals surface area contributed by atoms with Gasteiger partial charge < -0.3 is 9.84 Å². The standard InChI is InChI=1S/C13H17FO3/c1-8-5-6-9(12(17-4)11(8)14)13(2,3)7-10(15)16/h5-6H,7H2,1-4H3,(H,15,16). The van der Waals surface area contributed by atoms with Gasteiger partial charge >= 0.3 is 5.97 Å². The van der Waals surface area contributed by atoms with Crippen molar-refractivity contribution in [3.8, 4) is 5.75 Å². The van der Waals surface area contributed by atoms with Crippen molar-refractivity contribution < 1.29 is 19.0 Å². The molecule has 1 aromatic carbocycles. The fourth-order valence-corrected chi connectivity index (χ4v) is 1.86. The van der Waals surface area contributed by atoms with Crippen LogP contribution in [0.25, 0.3) is 0 Å². The quantitative estimate of drug-likeness (QED) is 0.880. The van der Waals surface area contributed by atoms with Crippen LogP contribution in [0.5, 0.6) is 5.75 Å². The van der Waals surface area contributed by atoms with Gasteiger partial charge in [0, 0.05) is 11.0 Å². The molecule has 1 aromatic rings. The third kappa shape index (κ3) is 2.75. The highest BCUT2D eigenvalue weighted by Gasteiger charge is 2.29. The van der Waals surface area contributed by atoms with Crippen LogP contribution in [-0.2, 0) is 10.2 Å². The molecule has 3 nitrogen and oxygen atoms in total. The predicted molar refractivity (Wildman–Crippen MR) is 63.0 cm³/mol. The van der Waals surface area contributed by atoms with Crippen LogP contribution in [0.15, 0.2) is 12.1 Å². The molecule has 0 aromatic heterocycles. The Labute approximate surface area is 100 Å². The number of rotatable bonds is 4. The van der Waals surface area contributed by atoms with Crippen LogP contribution in [0.1, 0.15) is 31.4 Å². The Morgan fingerprint density at radius 1 is 1.47 bits per heavy atom. The normalized spacial score (nSPS) is 11.4. The van der Waals surface area contributed by atoms with Crippen molar-refractivity contribution >= 4 is 5.97 Å². The molecule has 17 heavy (non-hydrogen) atoms. The summed E-state index contributed by atoms with van der Waals surface area (Å²) in [4.78, 5) is 10.8. The molecular formula is C13H17FO3. The number of hydrogen-bond donors (Lipinski definition) is 1. The SMILES string of the molecule is COc1c(C(C)(C)CC(=O)O)ccc(C)c1F. The lowest BCUT2D eigenvalue weighted by Gasteiger charge is -2.25. The molecule has 1 N–H and O–H groups in total. The van der Waals surface area contributed by atoms with Gasteiger partial charge in [-0.3, -0.25) is 4.79 Å². The maximum absolute atomic E-state index is 13.9. The minimum atomic E-state index is -0.918. The molecule has 0 atom stereocenters. The lowest BCUT2D eigenvalue weighted by atomic mass is 9.80. The number of hydrogen-bond acceptors (Lipinski definition) is 2. The van der Waals surface area contributed by atoms with E-state index in [1.54, 1.807) is 32.9 Å². The second kappa shape index (κ2) is 4.73. The maximum Gasteiger partial charge on any atom is 0.304 e. The summed E-state index contributed by atoms with van der Waals surface area (Å²) in [6.45, 7) is 5.16. The van der Waals surface area contributed by atoms with Gasteiger partial charge in [-0.05, 0) is 12.5 Å². The van der Waals surface area contributed by atoms with Crippen molar-refractivity contribution in [3.05, 3.63) is 29.1 Å². The van der Waals surface area contributed by atoms with Crippen molar-refractivity contribution in [3.63, 3.8) is 0 Å². The third-order valence-corrected chi connectivity index (χ3v) is 2.82. The largest absolute Gasteiger partial charge is 0.493 e. The van der Waals surface area contributed by atoms with Crippen LogP contribution in [0.2, 0.25) is 0 Å². The Morgan fingerprint density at radius 3 is 2.53 bits per heavy atom. The van der Waals surface area contributed by atoms with Gasteiger partial charge in [0.15, 0.2) is 11.6 Å². The molecule has 4 heteroatoms. The smallest absolute Gasteiger partial charge is 0.304 e. The number of carboxylic acid groups (broad SMARTS) is 1. The number of aryl methyl sites for hydroxylation is 1. The fraction of sp³-hybridized carbons (Fsp3) is 0.462. The van der Waals surface area contributed by atoms with Gasteiger partial charge in [0.25, 0.3) is 0 Å². The van der Waals surface area contributed by atoms with E-state index in [9.17, 15) is 9.18 Å². The van der Waals surface area contributed by atoms with E-state index < -0.39 is 17.2 Å². The second-order valence-corrected chi connectivity index (χ2v) is 4.73. The van der Waals surface area contributed by atoms with E-state index in [1.165, 1.54) is 7.11 Å². The van der Waals surface area contributed by atoms with E-state index in [-0.39, 0.29) is 12.2 Å². The molecule has 0 aliphatic carbocycles. The van der Waals surface area contributed by atoms with E-state index in [4.69, 9.17) is 9.84 Å². The Kier molecular flexibility index (Phi) is 3.76. The highest BCUT2D eigenvalue weighted by Crippen LogP contribution is 2.36. The number of aliphatic carboxylic acids is 1. The van der Waals surface area contributed by atoms with Crippen LogP contribution in [0, 0.1) is 12.7 Å². The summed E-state index contributed by atoms with van der Waals surface area (Å²) < 4.78 is 18.9. The van der Waals surface area contributed by atoms with Crippen molar-refractivity contribution in [2.75, 3.05) is 7.11 Å². The van der Waals surface area contributed by atoms with E-state index >= 15 is 0 Å².